The van der Waals surface area contributed by atoms with E-state index in [0.717, 1.165) is 12.1 Å². The van der Waals surface area contributed by atoms with Crippen LogP contribution in [-0.4, -0.2) is 20.5 Å². The van der Waals surface area contributed by atoms with Crippen molar-refractivity contribution in [1.29, 1.82) is 0 Å². The number of sulfonamides is 1. The van der Waals surface area contributed by atoms with Gasteiger partial charge in [-0.1, -0.05) is 6.07 Å². The number of benzene rings is 1. The largest absolute Gasteiger partial charge is 0.416 e. The third kappa shape index (κ3) is 3.94. The number of nitrogens with one attached hydrogen (secondary N) is 1. The second-order valence-corrected chi connectivity index (χ2v) is 6.82. The lowest BCUT2D eigenvalue weighted by molar-refractivity contribution is -0.137. The van der Waals surface area contributed by atoms with Gasteiger partial charge in [-0.3, -0.25) is 0 Å². The molecule has 1 rings (SSSR count). The van der Waals surface area contributed by atoms with Gasteiger partial charge in [0.15, 0.2) is 0 Å². The van der Waals surface area contributed by atoms with E-state index < -0.39 is 32.2 Å². The number of aryl methyl sites for hydroxylation is 1. The van der Waals surface area contributed by atoms with Crippen LogP contribution in [0.3, 0.4) is 0 Å². The van der Waals surface area contributed by atoms with Crippen LogP contribution in [0.1, 0.15) is 25.0 Å². The Morgan fingerprint density at radius 2 is 1.80 bits per heavy atom. The molecule has 1 aromatic carbocycles. The number of halogens is 3. The summed E-state index contributed by atoms with van der Waals surface area (Å²) in [5.74, 6) is 0. The smallest absolute Gasteiger partial charge is 0.329 e. The first-order chi connectivity index (χ1) is 8.89. The summed E-state index contributed by atoms with van der Waals surface area (Å²) in [4.78, 5) is -0.395. The van der Waals surface area contributed by atoms with Crippen LogP contribution >= 0.6 is 0 Å². The highest BCUT2D eigenvalue weighted by atomic mass is 32.2. The molecule has 4 nitrogen and oxygen atoms in total. The summed E-state index contributed by atoms with van der Waals surface area (Å²) in [5, 5.41) is 0. The summed E-state index contributed by atoms with van der Waals surface area (Å²) < 4.78 is 64.6. The minimum Gasteiger partial charge on any atom is -0.329 e. The molecule has 0 saturated heterocycles. The van der Waals surface area contributed by atoms with E-state index in [4.69, 9.17) is 5.73 Å². The molecule has 0 fully saturated rings. The topological polar surface area (TPSA) is 72.2 Å². The zero-order valence-electron chi connectivity index (χ0n) is 11.4. The van der Waals surface area contributed by atoms with Gasteiger partial charge in [0.2, 0.25) is 10.0 Å². The molecule has 0 spiro atoms. The molecule has 0 aromatic heterocycles. The fourth-order valence-electron chi connectivity index (χ4n) is 1.53. The first kappa shape index (κ1) is 16.9. The van der Waals surface area contributed by atoms with Crippen LogP contribution in [0.25, 0.3) is 0 Å². The maximum absolute atomic E-state index is 12.7. The van der Waals surface area contributed by atoms with Gasteiger partial charge < -0.3 is 5.73 Å². The normalized spacial score (nSPS) is 13.6. The molecule has 0 atom stereocenters. The van der Waals surface area contributed by atoms with Crippen molar-refractivity contribution in [3.05, 3.63) is 29.3 Å². The lowest BCUT2D eigenvalue weighted by atomic mass is 10.1. The predicted molar refractivity (Wildman–Crippen MR) is 69.6 cm³/mol. The van der Waals surface area contributed by atoms with Crippen molar-refractivity contribution in [2.45, 2.75) is 37.4 Å². The van der Waals surface area contributed by atoms with Gasteiger partial charge in [-0.25, -0.2) is 13.1 Å². The summed E-state index contributed by atoms with van der Waals surface area (Å²) in [5.41, 5.74) is 3.71. The van der Waals surface area contributed by atoms with E-state index in [-0.39, 0.29) is 12.1 Å². The number of hydrogen-bond donors (Lipinski definition) is 2. The van der Waals surface area contributed by atoms with Crippen molar-refractivity contribution in [2.24, 2.45) is 5.73 Å². The first-order valence-corrected chi connectivity index (χ1v) is 7.29. The van der Waals surface area contributed by atoms with Crippen molar-refractivity contribution < 1.29 is 21.6 Å². The average molecular weight is 310 g/mol. The van der Waals surface area contributed by atoms with Crippen LogP contribution < -0.4 is 10.5 Å². The van der Waals surface area contributed by atoms with Gasteiger partial charge in [-0.2, -0.15) is 13.2 Å². The molecule has 20 heavy (non-hydrogen) atoms. The molecule has 0 saturated carbocycles. The molecule has 1 aromatic rings. The lowest BCUT2D eigenvalue weighted by Crippen LogP contribution is -2.48. The molecule has 0 unspecified atom stereocenters. The molecule has 0 radical (unpaired) electrons. The molecule has 3 N–H and O–H groups in total. The maximum Gasteiger partial charge on any atom is 0.416 e. The highest BCUT2D eigenvalue weighted by molar-refractivity contribution is 7.89. The van der Waals surface area contributed by atoms with Crippen molar-refractivity contribution >= 4 is 10.0 Å². The monoisotopic (exact) mass is 310 g/mol. The van der Waals surface area contributed by atoms with Crippen molar-refractivity contribution in [2.75, 3.05) is 6.54 Å². The Morgan fingerprint density at radius 3 is 2.25 bits per heavy atom. The Balaban J connectivity index is 3.32. The molecular weight excluding hydrogens is 293 g/mol. The van der Waals surface area contributed by atoms with E-state index in [2.05, 4.69) is 4.72 Å². The zero-order valence-corrected chi connectivity index (χ0v) is 12.2. The number of nitrogens with two attached hydrogens (primary N) is 1. The van der Waals surface area contributed by atoms with Crippen molar-refractivity contribution in [1.82, 2.24) is 4.72 Å². The van der Waals surface area contributed by atoms with Gasteiger partial charge in [0, 0.05) is 12.1 Å². The Bertz CT molecular complexity index is 595. The molecule has 0 aliphatic carbocycles. The third-order valence-electron chi connectivity index (χ3n) is 2.73. The zero-order chi connectivity index (χ0) is 15.8. The summed E-state index contributed by atoms with van der Waals surface area (Å²) in [6, 6.07) is 2.61. The highest BCUT2D eigenvalue weighted by Gasteiger charge is 2.33. The lowest BCUT2D eigenvalue weighted by Gasteiger charge is -2.24. The predicted octanol–water partition coefficient (Wildman–Crippen LogP) is 2.03. The van der Waals surface area contributed by atoms with Gasteiger partial charge in [0.1, 0.15) is 0 Å². The van der Waals surface area contributed by atoms with Gasteiger partial charge in [-0.05, 0) is 38.5 Å². The van der Waals surface area contributed by atoms with E-state index >= 15 is 0 Å². The summed E-state index contributed by atoms with van der Waals surface area (Å²) in [6.45, 7) is 4.55. The van der Waals surface area contributed by atoms with E-state index in [1.807, 2.05) is 0 Å². The second kappa shape index (κ2) is 5.34. The van der Waals surface area contributed by atoms with Gasteiger partial charge in [0.25, 0.3) is 0 Å². The quantitative estimate of drug-likeness (QED) is 0.894. The third-order valence-corrected chi connectivity index (χ3v) is 4.57. The van der Waals surface area contributed by atoms with Gasteiger partial charge >= 0.3 is 6.18 Å². The van der Waals surface area contributed by atoms with Crippen molar-refractivity contribution in [3.63, 3.8) is 0 Å². The number of rotatable bonds is 4. The molecule has 8 heteroatoms. The SMILES string of the molecule is Cc1ccc(C(F)(F)F)cc1S(=O)(=O)NC(C)(C)CN. The van der Waals surface area contributed by atoms with E-state index in [1.54, 1.807) is 13.8 Å². The van der Waals surface area contributed by atoms with Gasteiger partial charge in [-0.15, -0.1) is 0 Å². The van der Waals surface area contributed by atoms with Crippen LogP contribution in [0.5, 0.6) is 0 Å². The molecule has 0 heterocycles. The Kier molecular flexibility index (Phi) is 4.52. The van der Waals surface area contributed by atoms with Crippen LogP contribution in [0.15, 0.2) is 23.1 Å². The van der Waals surface area contributed by atoms with Crippen LogP contribution in [0.4, 0.5) is 13.2 Å². The average Bonchev–Trinajstić information content (AvgIpc) is 2.26. The summed E-state index contributed by atoms with van der Waals surface area (Å²) in [6.07, 6.45) is -4.60. The highest BCUT2D eigenvalue weighted by Crippen LogP contribution is 2.31. The standard InChI is InChI=1S/C12H17F3N2O2S/c1-8-4-5-9(12(13,14)15)6-10(8)20(18,19)17-11(2,3)7-16/h4-6,17H,7,16H2,1-3H3. The molecular formula is C12H17F3N2O2S. The number of hydrogen-bond acceptors (Lipinski definition) is 3. The number of alkyl halides is 3. The Morgan fingerprint density at radius 1 is 1.25 bits per heavy atom. The summed E-state index contributed by atoms with van der Waals surface area (Å²) in [7, 11) is -4.07. The minimum absolute atomic E-state index is 0.0181. The van der Waals surface area contributed by atoms with Crippen LogP contribution in [0, 0.1) is 6.92 Å². The Labute approximate surface area is 116 Å². The fourth-order valence-corrected chi connectivity index (χ4v) is 3.22. The van der Waals surface area contributed by atoms with E-state index in [1.165, 1.54) is 6.92 Å². The molecule has 0 aliphatic heterocycles. The van der Waals surface area contributed by atoms with E-state index in [0.29, 0.717) is 6.07 Å². The van der Waals surface area contributed by atoms with Gasteiger partial charge in [0.05, 0.1) is 10.5 Å². The molecule has 0 aliphatic rings. The first-order valence-electron chi connectivity index (χ1n) is 5.81. The fraction of sp³-hybridized carbons (Fsp3) is 0.500. The molecule has 0 bridgehead atoms. The summed E-state index contributed by atoms with van der Waals surface area (Å²) >= 11 is 0. The van der Waals surface area contributed by atoms with Crippen LogP contribution in [0.2, 0.25) is 0 Å². The maximum atomic E-state index is 12.7. The molecule has 114 valence electrons. The van der Waals surface area contributed by atoms with E-state index in [9.17, 15) is 21.6 Å². The Hall–Kier alpha value is -1.12. The molecule has 0 amide bonds. The minimum atomic E-state index is -4.60. The van der Waals surface area contributed by atoms with Crippen LogP contribution in [-0.2, 0) is 16.2 Å². The van der Waals surface area contributed by atoms with Crippen molar-refractivity contribution in [3.8, 4) is 0 Å². The second-order valence-electron chi connectivity index (χ2n) is 5.17.